The lowest BCUT2D eigenvalue weighted by molar-refractivity contribution is 0.0522. The van der Waals surface area contributed by atoms with E-state index in [1.807, 2.05) is 0 Å². The van der Waals surface area contributed by atoms with Crippen molar-refractivity contribution in [1.29, 1.82) is 0 Å². The van der Waals surface area contributed by atoms with Crippen molar-refractivity contribution in [1.82, 2.24) is 4.90 Å². The van der Waals surface area contributed by atoms with Gasteiger partial charge in [-0.05, 0) is 43.4 Å². The predicted octanol–water partition coefficient (Wildman–Crippen LogP) is 2.89. The molecule has 1 saturated carbocycles. The second kappa shape index (κ2) is 4.38. The molecular formula is C14H18BrNO. The number of likely N-dealkylation sites (tertiary alicyclic amines) is 1. The molecule has 1 aromatic rings. The Balaban J connectivity index is 1.79. The first kappa shape index (κ1) is 11.7. The van der Waals surface area contributed by atoms with Gasteiger partial charge in [0, 0.05) is 23.1 Å². The average Bonchev–Trinajstić information content (AvgIpc) is 3.12. The quantitative estimate of drug-likeness (QED) is 0.907. The number of halogens is 1. The van der Waals surface area contributed by atoms with E-state index in [9.17, 15) is 5.11 Å². The van der Waals surface area contributed by atoms with Crippen molar-refractivity contribution >= 4 is 15.9 Å². The Bertz CT molecular complexity index is 391. The fourth-order valence-corrected chi connectivity index (χ4v) is 3.22. The number of aliphatic hydroxyl groups excluding tert-OH is 1. The zero-order valence-electron chi connectivity index (χ0n) is 9.90. The standard InChI is InChI=1S/C14H18BrNO/c15-12-3-1-11(2-4-12)14(7-8-14)16-9-5-13(17)6-10-16/h1-4,13,17H,5-10H2. The maximum absolute atomic E-state index is 9.59. The van der Waals surface area contributed by atoms with Crippen molar-refractivity contribution in [2.45, 2.75) is 37.3 Å². The van der Waals surface area contributed by atoms with Crippen LogP contribution in [-0.2, 0) is 5.54 Å². The monoisotopic (exact) mass is 295 g/mol. The van der Waals surface area contributed by atoms with Crippen LogP contribution in [-0.4, -0.2) is 29.2 Å². The Labute approximate surface area is 111 Å². The van der Waals surface area contributed by atoms with Crippen LogP contribution in [0.5, 0.6) is 0 Å². The molecular weight excluding hydrogens is 278 g/mol. The van der Waals surface area contributed by atoms with Crippen LogP contribution < -0.4 is 0 Å². The number of aliphatic hydroxyl groups is 1. The molecule has 0 radical (unpaired) electrons. The van der Waals surface area contributed by atoms with Gasteiger partial charge >= 0.3 is 0 Å². The van der Waals surface area contributed by atoms with Crippen LogP contribution in [0.25, 0.3) is 0 Å². The highest BCUT2D eigenvalue weighted by Gasteiger charge is 2.49. The molecule has 1 aromatic carbocycles. The minimum absolute atomic E-state index is 0.0769. The van der Waals surface area contributed by atoms with Crippen LogP contribution in [0.4, 0.5) is 0 Å². The molecule has 0 amide bonds. The van der Waals surface area contributed by atoms with Crippen molar-refractivity contribution in [3.8, 4) is 0 Å². The maximum Gasteiger partial charge on any atom is 0.0564 e. The summed E-state index contributed by atoms with van der Waals surface area (Å²) in [6.07, 6.45) is 4.32. The second-order valence-corrected chi connectivity index (χ2v) is 6.17. The lowest BCUT2D eigenvalue weighted by Crippen LogP contribution is -2.42. The Morgan fingerprint density at radius 2 is 1.71 bits per heavy atom. The Morgan fingerprint density at radius 3 is 2.24 bits per heavy atom. The molecule has 0 unspecified atom stereocenters. The summed E-state index contributed by atoms with van der Waals surface area (Å²) in [6, 6.07) is 8.74. The van der Waals surface area contributed by atoms with E-state index in [-0.39, 0.29) is 6.10 Å². The third-order valence-electron chi connectivity index (χ3n) is 4.17. The molecule has 3 rings (SSSR count). The summed E-state index contributed by atoms with van der Waals surface area (Å²) >= 11 is 3.49. The smallest absolute Gasteiger partial charge is 0.0564 e. The summed E-state index contributed by atoms with van der Waals surface area (Å²) in [5.41, 5.74) is 1.73. The zero-order chi connectivity index (χ0) is 11.9. The van der Waals surface area contributed by atoms with E-state index in [0.29, 0.717) is 5.54 Å². The summed E-state index contributed by atoms with van der Waals surface area (Å²) in [6.45, 7) is 2.08. The number of benzene rings is 1. The molecule has 1 heterocycles. The first-order chi connectivity index (χ1) is 8.21. The van der Waals surface area contributed by atoms with Crippen LogP contribution >= 0.6 is 15.9 Å². The molecule has 3 heteroatoms. The molecule has 1 aliphatic carbocycles. The van der Waals surface area contributed by atoms with Gasteiger partial charge in [-0.15, -0.1) is 0 Å². The van der Waals surface area contributed by atoms with Crippen molar-refractivity contribution in [3.63, 3.8) is 0 Å². The van der Waals surface area contributed by atoms with Gasteiger partial charge in [0.1, 0.15) is 0 Å². The van der Waals surface area contributed by atoms with E-state index in [1.165, 1.54) is 18.4 Å². The van der Waals surface area contributed by atoms with Gasteiger partial charge in [-0.2, -0.15) is 0 Å². The van der Waals surface area contributed by atoms with E-state index < -0.39 is 0 Å². The highest BCUT2D eigenvalue weighted by atomic mass is 79.9. The summed E-state index contributed by atoms with van der Waals surface area (Å²) in [4.78, 5) is 2.57. The van der Waals surface area contributed by atoms with Gasteiger partial charge in [0.05, 0.1) is 6.10 Å². The van der Waals surface area contributed by atoms with Crippen molar-refractivity contribution in [2.24, 2.45) is 0 Å². The second-order valence-electron chi connectivity index (χ2n) is 5.26. The minimum atomic E-state index is -0.0769. The largest absolute Gasteiger partial charge is 0.393 e. The first-order valence-corrected chi connectivity index (χ1v) is 7.19. The van der Waals surface area contributed by atoms with Crippen LogP contribution in [0, 0.1) is 0 Å². The highest BCUT2D eigenvalue weighted by Crippen LogP contribution is 2.51. The van der Waals surface area contributed by atoms with Crippen LogP contribution in [0.2, 0.25) is 0 Å². The van der Waals surface area contributed by atoms with E-state index >= 15 is 0 Å². The minimum Gasteiger partial charge on any atom is -0.393 e. The van der Waals surface area contributed by atoms with Gasteiger partial charge in [-0.3, -0.25) is 4.90 Å². The van der Waals surface area contributed by atoms with Crippen LogP contribution in [0.1, 0.15) is 31.2 Å². The summed E-state index contributed by atoms with van der Waals surface area (Å²) in [5, 5.41) is 9.59. The molecule has 1 aliphatic heterocycles. The van der Waals surface area contributed by atoms with E-state index in [0.717, 1.165) is 30.4 Å². The highest BCUT2D eigenvalue weighted by molar-refractivity contribution is 9.10. The number of hydrogen-bond donors (Lipinski definition) is 1. The number of hydrogen-bond acceptors (Lipinski definition) is 2. The molecule has 2 nitrogen and oxygen atoms in total. The fourth-order valence-electron chi connectivity index (χ4n) is 2.96. The first-order valence-electron chi connectivity index (χ1n) is 6.40. The van der Waals surface area contributed by atoms with Crippen molar-refractivity contribution in [3.05, 3.63) is 34.3 Å². The molecule has 0 atom stereocenters. The van der Waals surface area contributed by atoms with Gasteiger partial charge in [-0.1, -0.05) is 28.1 Å². The summed E-state index contributed by atoms with van der Waals surface area (Å²) in [7, 11) is 0. The molecule has 0 spiro atoms. The zero-order valence-corrected chi connectivity index (χ0v) is 11.5. The average molecular weight is 296 g/mol. The Morgan fingerprint density at radius 1 is 1.12 bits per heavy atom. The topological polar surface area (TPSA) is 23.5 Å². The Kier molecular flexibility index (Phi) is 3.01. The molecule has 92 valence electrons. The molecule has 1 N–H and O–H groups in total. The third-order valence-corrected chi connectivity index (χ3v) is 4.70. The SMILES string of the molecule is OC1CCN(C2(c3ccc(Br)cc3)CC2)CC1. The van der Waals surface area contributed by atoms with E-state index in [2.05, 4.69) is 45.1 Å². The summed E-state index contributed by atoms with van der Waals surface area (Å²) < 4.78 is 1.14. The fraction of sp³-hybridized carbons (Fsp3) is 0.571. The molecule has 1 saturated heterocycles. The van der Waals surface area contributed by atoms with E-state index in [1.54, 1.807) is 0 Å². The van der Waals surface area contributed by atoms with E-state index in [4.69, 9.17) is 0 Å². The number of nitrogens with zero attached hydrogens (tertiary/aromatic N) is 1. The van der Waals surface area contributed by atoms with Crippen LogP contribution in [0.3, 0.4) is 0 Å². The van der Waals surface area contributed by atoms with Gasteiger partial charge in [0.25, 0.3) is 0 Å². The molecule has 2 aliphatic rings. The molecule has 0 bridgehead atoms. The predicted molar refractivity (Wildman–Crippen MR) is 71.9 cm³/mol. The maximum atomic E-state index is 9.59. The van der Waals surface area contributed by atoms with Crippen molar-refractivity contribution in [2.75, 3.05) is 13.1 Å². The van der Waals surface area contributed by atoms with Crippen molar-refractivity contribution < 1.29 is 5.11 Å². The lowest BCUT2D eigenvalue weighted by atomic mass is 9.98. The molecule has 0 aromatic heterocycles. The van der Waals surface area contributed by atoms with Gasteiger partial charge in [0.2, 0.25) is 0 Å². The molecule has 2 fully saturated rings. The van der Waals surface area contributed by atoms with Crippen LogP contribution in [0.15, 0.2) is 28.7 Å². The number of piperidine rings is 1. The van der Waals surface area contributed by atoms with Gasteiger partial charge in [0.15, 0.2) is 0 Å². The Hall–Kier alpha value is -0.380. The normalized spacial score (nSPS) is 24.8. The summed E-state index contributed by atoms with van der Waals surface area (Å²) in [5.74, 6) is 0. The number of rotatable bonds is 2. The van der Waals surface area contributed by atoms with Gasteiger partial charge in [-0.25, -0.2) is 0 Å². The molecule has 17 heavy (non-hydrogen) atoms. The lowest BCUT2D eigenvalue weighted by Gasteiger charge is -2.37. The third kappa shape index (κ3) is 2.16. The van der Waals surface area contributed by atoms with Gasteiger partial charge < -0.3 is 5.11 Å².